The molecule has 4 nitrogen and oxygen atoms in total. The zero-order valence-corrected chi connectivity index (χ0v) is 13.3. The van der Waals surface area contributed by atoms with Gasteiger partial charge in [-0.05, 0) is 25.1 Å². The summed E-state index contributed by atoms with van der Waals surface area (Å²) in [7, 11) is 2.17. The van der Waals surface area contributed by atoms with E-state index in [-0.39, 0.29) is 24.5 Å². The SMILES string of the molecule is CN1C2C=CC1CC(Oc1ccc3c(c1)OC(=O)CC3)C2.Cl. The van der Waals surface area contributed by atoms with Crippen LogP contribution in [-0.2, 0) is 11.2 Å². The van der Waals surface area contributed by atoms with Crippen molar-refractivity contribution in [3.05, 3.63) is 35.9 Å². The van der Waals surface area contributed by atoms with Crippen molar-refractivity contribution >= 4 is 18.4 Å². The summed E-state index contributed by atoms with van der Waals surface area (Å²) >= 11 is 0. The molecule has 1 saturated heterocycles. The molecule has 1 aromatic carbocycles. The van der Waals surface area contributed by atoms with Crippen LogP contribution in [0.3, 0.4) is 0 Å². The molecule has 2 atom stereocenters. The summed E-state index contributed by atoms with van der Waals surface area (Å²) < 4.78 is 11.4. The van der Waals surface area contributed by atoms with Gasteiger partial charge >= 0.3 is 5.97 Å². The minimum absolute atomic E-state index is 0. The molecule has 0 saturated carbocycles. The number of nitrogens with zero attached hydrogens (tertiary/aromatic N) is 1. The van der Waals surface area contributed by atoms with Crippen molar-refractivity contribution in [1.29, 1.82) is 0 Å². The first-order chi connectivity index (χ1) is 10.2. The number of hydrogen-bond donors (Lipinski definition) is 0. The molecule has 0 aliphatic carbocycles. The predicted molar refractivity (Wildman–Crippen MR) is 85.8 cm³/mol. The second-order valence-electron chi connectivity index (χ2n) is 6.14. The first-order valence-corrected chi connectivity index (χ1v) is 7.59. The van der Waals surface area contributed by atoms with Crippen molar-refractivity contribution in [2.24, 2.45) is 0 Å². The van der Waals surface area contributed by atoms with E-state index in [1.54, 1.807) is 0 Å². The molecule has 118 valence electrons. The summed E-state index contributed by atoms with van der Waals surface area (Å²) in [4.78, 5) is 13.8. The molecule has 4 rings (SSSR count). The fourth-order valence-corrected chi connectivity index (χ4v) is 3.51. The number of carbonyl (C=O) groups is 1. The minimum atomic E-state index is -0.152. The van der Waals surface area contributed by atoms with E-state index in [2.05, 4.69) is 24.1 Å². The van der Waals surface area contributed by atoms with Gasteiger partial charge in [0.05, 0.1) is 6.42 Å². The van der Waals surface area contributed by atoms with Crippen molar-refractivity contribution in [3.63, 3.8) is 0 Å². The number of ether oxygens (including phenoxy) is 2. The van der Waals surface area contributed by atoms with Gasteiger partial charge in [-0.25, -0.2) is 0 Å². The van der Waals surface area contributed by atoms with Crippen LogP contribution in [0.5, 0.6) is 11.5 Å². The molecule has 0 N–H and O–H groups in total. The highest BCUT2D eigenvalue weighted by molar-refractivity contribution is 5.85. The summed E-state index contributed by atoms with van der Waals surface area (Å²) in [6.45, 7) is 0. The summed E-state index contributed by atoms with van der Waals surface area (Å²) in [5.41, 5.74) is 1.09. The van der Waals surface area contributed by atoms with Crippen LogP contribution in [0.4, 0.5) is 0 Å². The van der Waals surface area contributed by atoms with Crippen molar-refractivity contribution < 1.29 is 14.3 Å². The number of piperidine rings is 1. The average molecular weight is 322 g/mol. The monoisotopic (exact) mass is 321 g/mol. The fraction of sp³-hybridized carbons (Fsp3) is 0.471. The van der Waals surface area contributed by atoms with Crippen LogP contribution < -0.4 is 9.47 Å². The van der Waals surface area contributed by atoms with Gasteiger partial charge in [-0.15, -0.1) is 12.4 Å². The number of likely N-dealkylation sites (N-methyl/N-ethyl adjacent to an activating group) is 1. The summed E-state index contributed by atoms with van der Waals surface area (Å²) in [6, 6.07) is 6.85. The second-order valence-corrected chi connectivity index (χ2v) is 6.14. The predicted octanol–water partition coefficient (Wildman–Crippen LogP) is 2.74. The molecule has 3 aliphatic rings. The maximum Gasteiger partial charge on any atom is 0.311 e. The quantitative estimate of drug-likeness (QED) is 0.477. The zero-order valence-electron chi connectivity index (χ0n) is 12.5. The highest BCUT2D eigenvalue weighted by Crippen LogP contribution is 2.34. The van der Waals surface area contributed by atoms with E-state index >= 15 is 0 Å². The highest BCUT2D eigenvalue weighted by Gasteiger charge is 2.35. The number of aryl methyl sites for hydroxylation is 1. The maximum absolute atomic E-state index is 11.4. The molecule has 0 amide bonds. The molecular formula is C17H20ClNO3. The Morgan fingerprint density at radius 2 is 1.91 bits per heavy atom. The van der Waals surface area contributed by atoms with Crippen LogP contribution in [0.25, 0.3) is 0 Å². The molecule has 1 aromatic rings. The summed E-state index contributed by atoms with van der Waals surface area (Å²) in [5.74, 6) is 1.32. The molecule has 1 fully saturated rings. The van der Waals surface area contributed by atoms with Crippen LogP contribution >= 0.6 is 12.4 Å². The van der Waals surface area contributed by atoms with Gasteiger partial charge in [-0.2, -0.15) is 0 Å². The highest BCUT2D eigenvalue weighted by atomic mass is 35.5. The Hall–Kier alpha value is -1.52. The number of benzene rings is 1. The van der Waals surface area contributed by atoms with Crippen molar-refractivity contribution in [1.82, 2.24) is 4.90 Å². The van der Waals surface area contributed by atoms with Crippen LogP contribution in [0, 0.1) is 0 Å². The Morgan fingerprint density at radius 3 is 2.64 bits per heavy atom. The van der Waals surface area contributed by atoms with Gasteiger partial charge in [0.1, 0.15) is 17.6 Å². The molecule has 2 unspecified atom stereocenters. The fourth-order valence-electron chi connectivity index (χ4n) is 3.51. The van der Waals surface area contributed by atoms with E-state index in [0.717, 1.165) is 30.6 Å². The van der Waals surface area contributed by atoms with Gasteiger partial charge in [0, 0.05) is 31.0 Å². The molecule has 22 heavy (non-hydrogen) atoms. The van der Waals surface area contributed by atoms with Crippen LogP contribution in [-0.4, -0.2) is 36.1 Å². The number of rotatable bonds is 2. The van der Waals surface area contributed by atoms with E-state index < -0.39 is 0 Å². The molecule has 0 aromatic heterocycles. The standard InChI is InChI=1S/C17H19NO3.ClH/c1-18-12-4-5-13(18)9-15(8-12)20-14-6-2-11-3-7-17(19)21-16(11)10-14;/h2,4-6,10,12-13,15H,3,7-9H2,1H3;1H. The van der Waals surface area contributed by atoms with E-state index in [1.807, 2.05) is 18.2 Å². The summed E-state index contributed by atoms with van der Waals surface area (Å²) in [5, 5.41) is 0. The molecule has 0 spiro atoms. The van der Waals surface area contributed by atoms with Gasteiger partial charge in [-0.1, -0.05) is 18.2 Å². The number of fused-ring (bicyclic) bond motifs is 3. The third-order valence-electron chi connectivity index (χ3n) is 4.77. The molecule has 3 aliphatic heterocycles. The van der Waals surface area contributed by atoms with Crippen molar-refractivity contribution in [3.8, 4) is 11.5 Å². The van der Waals surface area contributed by atoms with E-state index in [9.17, 15) is 4.79 Å². The topological polar surface area (TPSA) is 38.8 Å². The van der Waals surface area contributed by atoms with E-state index in [0.29, 0.717) is 24.3 Å². The maximum atomic E-state index is 11.4. The molecule has 3 heterocycles. The lowest BCUT2D eigenvalue weighted by Gasteiger charge is -2.36. The van der Waals surface area contributed by atoms with Gasteiger partial charge < -0.3 is 9.47 Å². The summed E-state index contributed by atoms with van der Waals surface area (Å²) in [6.07, 6.45) is 8.04. The normalized spacial score (nSPS) is 29.5. The minimum Gasteiger partial charge on any atom is -0.490 e. The van der Waals surface area contributed by atoms with E-state index in [4.69, 9.17) is 9.47 Å². The number of halogens is 1. The molecular weight excluding hydrogens is 302 g/mol. The number of esters is 1. The second kappa shape index (κ2) is 5.94. The Labute approximate surface area is 136 Å². The van der Waals surface area contributed by atoms with Crippen LogP contribution in [0.2, 0.25) is 0 Å². The van der Waals surface area contributed by atoms with Crippen molar-refractivity contribution in [2.75, 3.05) is 7.05 Å². The molecule has 2 bridgehead atoms. The molecule has 0 radical (unpaired) electrons. The number of carbonyl (C=O) groups excluding carboxylic acids is 1. The van der Waals surface area contributed by atoms with Crippen LogP contribution in [0.1, 0.15) is 24.8 Å². The van der Waals surface area contributed by atoms with Gasteiger partial charge in [0.25, 0.3) is 0 Å². The smallest absolute Gasteiger partial charge is 0.311 e. The lowest BCUT2D eigenvalue weighted by atomic mass is 9.99. The average Bonchev–Trinajstić information content (AvgIpc) is 2.70. The Bertz CT molecular complexity index is 600. The lowest BCUT2D eigenvalue weighted by Crippen LogP contribution is -2.44. The van der Waals surface area contributed by atoms with Gasteiger partial charge in [0.2, 0.25) is 0 Å². The third kappa shape index (κ3) is 2.73. The largest absolute Gasteiger partial charge is 0.490 e. The first kappa shape index (κ1) is 15.4. The molecule has 5 heteroatoms. The third-order valence-corrected chi connectivity index (χ3v) is 4.77. The Kier molecular flexibility index (Phi) is 4.15. The van der Waals surface area contributed by atoms with Gasteiger partial charge in [0.15, 0.2) is 0 Å². The van der Waals surface area contributed by atoms with E-state index in [1.165, 1.54) is 0 Å². The van der Waals surface area contributed by atoms with Crippen molar-refractivity contribution in [2.45, 2.75) is 43.9 Å². The van der Waals surface area contributed by atoms with Crippen LogP contribution in [0.15, 0.2) is 30.4 Å². The Balaban J connectivity index is 0.00000144. The Morgan fingerprint density at radius 1 is 1.18 bits per heavy atom. The zero-order chi connectivity index (χ0) is 14.4. The first-order valence-electron chi connectivity index (χ1n) is 7.59. The number of hydrogen-bond acceptors (Lipinski definition) is 4. The van der Waals surface area contributed by atoms with Gasteiger partial charge in [-0.3, -0.25) is 9.69 Å². The lowest BCUT2D eigenvalue weighted by molar-refractivity contribution is -0.135.